The molecule has 1 fully saturated rings. The molecule has 1 aromatic carbocycles. The smallest absolute Gasteiger partial charge is 0.326 e. The minimum Gasteiger partial charge on any atom is -0.480 e. The molecule has 1 aromatic heterocycles. The number of carboxylic acid groups (broad SMARTS) is 1. The Morgan fingerprint density at radius 3 is 2.72 bits per heavy atom. The number of benzene rings is 1. The van der Waals surface area contributed by atoms with E-state index in [-0.39, 0.29) is 5.92 Å². The summed E-state index contributed by atoms with van der Waals surface area (Å²) in [5.74, 6) is -0.582. The topological polar surface area (TPSA) is 42.2 Å². The van der Waals surface area contributed by atoms with Gasteiger partial charge in [-0.1, -0.05) is 23.2 Å². The summed E-state index contributed by atoms with van der Waals surface area (Å²) in [6.07, 6.45) is 3.71. The molecule has 1 aliphatic rings. The summed E-state index contributed by atoms with van der Waals surface area (Å²) in [6.45, 7) is 0. The fourth-order valence-electron chi connectivity index (χ4n) is 2.39. The van der Waals surface area contributed by atoms with Crippen molar-refractivity contribution < 1.29 is 9.90 Å². The fraction of sp³-hybridized carbons (Fsp3) is 0.308. The number of fused-ring (bicyclic) bond motifs is 1. The first-order chi connectivity index (χ1) is 8.58. The molecule has 0 radical (unpaired) electrons. The van der Waals surface area contributed by atoms with Crippen molar-refractivity contribution >= 4 is 40.1 Å². The first-order valence-electron chi connectivity index (χ1n) is 5.76. The van der Waals surface area contributed by atoms with Crippen molar-refractivity contribution in [3.05, 3.63) is 34.4 Å². The largest absolute Gasteiger partial charge is 0.480 e. The maximum atomic E-state index is 11.4. The lowest BCUT2D eigenvalue weighted by Gasteiger charge is -2.15. The summed E-state index contributed by atoms with van der Waals surface area (Å²) >= 11 is 12.1. The van der Waals surface area contributed by atoms with Crippen molar-refractivity contribution in [2.24, 2.45) is 5.92 Å². The Morgan fingerprint density at radius 2 is 2.11 bits per heavy atom. The molecular formula is C13H11Cl2NO2. The van der Waals surface area contributed by atoms with Gasteiger partial charge in [0.05, 0.1) is 10.5 Å². The van der Waals surface area contributed by atoms with Crippen LogP contribution in [0.2, 0.25) is 10.0 Å². The van der Waals surface area contributed by atoms with Gasteiger partial charge in [0.1, 0.15) is 6.04 Å². The molecule has 1 atom stereocenters. The zero-order chi connectivity index (χ0) is 12.9. The highest BCUT2D eigenvalue weighted by Gasteiger charge is 2.38. The van der Waals surface area contributed by atoms with Crippen molar-refractivity contribution in [1.29, 1.82) is 0 Å². The van der Waals surface area contributed by atoms with E-state index in [0.717, 1.165) is 23.7 Å². The summed E-state index contributed by atoms with van der Waals surface area (Å²) in [7, 11) is 0. The number of halogens is 2. The Kier molecular flexibility index (Phi) is 2.76. The Morgan fingerprint density at radius 1 is 1.39 bits per heavy atom. The molecule has 0 saturated heterocycles. The first kappa shape index (κ1) is 11.9. The van der Waals surface area contributed by atoms with E-state index >= 15 is 0 Å². The number of aromatic nitrogens is 1. The predicted molar refractivity (Wildman–Crippen MR) is 71.4 cm³/mol. The van der Waals surface area contributed by atoms with E-state index in [0.29, 0.717) is 10.0 Å². The van der Waals surface area contributed by atoms with Crippen molar-refractivity contribution in [3.8, 4) is 0 Å². The zero-order valence-corrected chi connectivity index (χ0v) is 10.9. The highest BCUT2D eigenvalue weighted by atomic mass is 35.5. The van der Waals surface area contributed by atoms with Gasteiger partial charge >= 0.3 is 5.97 Å². The lowest BCUT2D eigenvalue weighted by atomic mass is 10.1. The third kappa shape index (κ3) is 1.88. The Labute approximate surface area is 114 Å². The van der Waals surface area contributed by atoms with Crippen LogP contribution >= 0.6 is 23.2 Å². The number of carbonyl (C=O) groups is 1. The fourth-order valence-corrected chi connectivity index (χ4v) is 2.93. The molecule has 2 aromatic rings. The van der Waals surface area contributed by atoms with Gasteiger partial charge in [-0.15, -0.1) is 0 Å². The third-order valence-corrected chi connectivity index (χ3v) is 3.90. The van der Waals surface area contributed by atoms with Crippen LogP contribution in [0.15, 0.2) is 24.4 Å². The van der Waals surface area contributed by atoms with Gasteiger partial charge in [-0.2, -0.15) is 0 Å². The highest BCUT2D eigenvalue weighted by Crippen LogP contribution is 2.42. The third-order valence-electron chi connectivity index (χ3n) is 3.37. The van der Waals surface area contributed by atoms with Crippen LogP contribution in [0.1, 0.15) is 18.9 Å². The van der Waals surface area contributed by atoms with E-state index in [1.807, 2.05) is 6.07 Å². The number of hydrogen-bond acceptors (Lipinski definition) is 1. The van der Waals surface area contributed by atoms with Crippen molar-refractivity contribution in [3.63, 3.8) is 0 Å². The molecule has 0 amide bonds. The lowest BCUT2D eigenvalue weighted by Crippen LogP contribution is -2.20. The minimum atomic E-state index is -0.800. The molecule has 3 rings (SSSR count). The van der Waals surface area contributed by atoms with Gasteiger partial charge in [-0.05, 0) is 37.0 Å². The van der Waals surface area contributed by atoms with Gasteiger partial charge in [-0.25, -0.2) is 4.79 Å². The van der Waals surface area contributed by atoms with Crippen LogP contribution in [0.25, 0.3) is 10.9 Å². The van der Waals surface area contributed by atoms with E-state index in [1.165, 1.54) is 0 Å². The molecule has 1 saturated carbocycles. The molecule has 1 unspecified atom stereocenters. The molecular weight excluding hydrogens is 273 g/mol. The van der Waals surface area contributed by atoms with Crippen LogP contribution in [0, 0.1) is 5.92 Å². The van der Waals surface area contributed by atoms with E-state index in [2.05, 4.69) is 0 Å². The average Bonchev–Trinajstić information content (AvgIpc) is 3.01. The van der Waals surface area contributed by atoms with Crippen LogP contribution in [-0.4, -0.2) is 15.6 Å². The monoisotopic (exact) mass is 283 g/mol. The van der Waals surface area contributed by atoms with Crippen LogP contribution in [0.5, 0.6) is 0 Å². The van der Waals surface area contributed by atoms with Gasteiger partial charge in [0.15, 0.2) is 0 Å². The van der Waals surface area contributed by atoms with Gasteiger partial charge < -0.3 is 9.67 Å². The quantitative estimate of drug-likeness (QED) is 0.926. The zero-order valence-electron chi connectivity index (χ0n) is 9.44. The van der Waals surface area contributed by atoms with E-state index in [9.17, 15) is 9.90 Å². The summed E-state index contributed by atoms with van der Waals surface area (Å²) in [5.41, 5.74) is 0.784. The molecule has 1 N–H and O–H groups in total. The molecule has 3 nitrogen and oxygen atoms in total. The van der Waals surface area contributed by atoms with Crippen molar-refractivity contribution in [1.82, 2.24) is 4.57 Å². The Bertz CT molecular complexity index is 631. The first-order valence-corrected chi connectivity index (χ1v) is 6.52. The summed E-state index contributed by atoms with van der Waals surface area (Å²) in [5, 5.41) is 11.3. The summed E-state index contributed by atoms with van der Waals surface area (Å²) in [6, 6.07) is 4.76. The van der Waals surface area contributed by atoms with Crippen LogP contribution in [-0.2, 0) is 4.79 Å². The van der Waals surface area contributed by atoms with Crippen LogP contribution in [0.4, 0.5) is 0 Å². The maximum absolute atomic E-state index is 11.4. The molecule has 5 heteroatoms. The van der Waals surface area contributed by atoms with Crippen LogP contribution < -0.4 is 0 Å². The number of carboxylic acids is 1. The van der Waals surface area contributed by atoms with E-state index in [4.69, 9.17) is 23.2 Å². The number of hydrogen-bond donors (Lipinski definition) is 1. The normalized spacial score (nSPS) is 17.0. The highest BCUT2D eigenvalue weighted by molar-refractivity contribution is 6.38. The van der Waals surface area contributed by atoms with E-state index < -0.39 is 12.0 Å². The Hall–Kier alpha value is -1.19. The predicted octanol–water partition coefficient (Wildman–Crippen LogP) is 3.98. The SMILES string of the molecule is O=C(O)C(C1CC1)n1ccc2c(Cl)cc(Cl)cc21. The standard InChI is InChI=1S/C13H11Cl2NO2/c14-8-5-10(15)9-3-4-16(11(9)6-8)12(13(17)18)7-1-2-7/h3-7,12H,1-2H2,(H,17,18). The minimum absolute atomic E-state index is 0.218. The average molecular weight is 284 g/mol. The lowest BCUT2D eigenvalue weighted by molar-refractivity contribution is -0.141. The Balaban J connectivity index is 2.19. The molecule has 18 heavy (non-hydrogen) atoms. The number of rotatable bonds is 3. The van der Waals surface area contributed by atoms with Crippen LogP contribution in [0.3, 0.4) is 0 Å². The van der Waals surface area contributed by atoms with E-state index in [1.54, 1.807) is 22.9 Å². The summed E-state index contributed by atoms with van der Waals surface area (Å²) < 4.78 is 1.77. The second-order valence-corrected chi connectivity index (χ2v) is 5.51. The second-order valence-electron chi connectivity index (χ2n) is 4.66. The molecule has 0 aliphatic heterocycles. The molecule has 0 spiro atoms. The van der Waals surface area contributed by atoms with Gasteiger partial charge in [-0.3, -0.25) is 0 Å². The molecule has 1 heterocycles. The molecule has 1 aliphatic carbocycles. The molecule has 0 bridgehead atoms. The second kappa shape index (κ2) is 4.18. The van der Waals surface area contributed by atoms with Gasteiger partial charge in [0.25, 0.3) is 0 Å². The number of nitrogens with zero attached hydrogens (tertiary/aromatic N) is 1. The van der Waals surface area contributed by atoms with Crippen molar-refractivity contribution in [2.75, 3.05) is 0 Å². The van der Waals surface area contributed by atoms with Crippen molar-refractivity contribution in [2.45, 2.75) is 18.9 Å². The molecule has 94 valence electrons. The summed E-state index contributed by atoms with van der Waals surface area (Å²) in [4.78, 5) is 11.4. The van der Waals surface area contributed by atoms with Gasteiger partial charge in [0, 0.05) is 16.6 Å². The maximum Gasteiger partial charge on any atom is 0.326 e. The van der Waals surface area contributed by atoms with Gasteiger partial charge in [0.2, 0.25) is 0 Å². The number of aliphatic carboxylic acids is 1.